The van der Waals surface area contributed by atoms with Crippen LogP contribution >= 0.6 is 11.3 Å². The van der Waals surface area contributed by atoms with Crippen LogP contribution in [0.5, 0.6) is 0 Å². The summed E-state index contributed by atoms with van der Waals surface area (Å²) < 4.78 is 0. The molecular weight excluding hydrogens is 330 g/mol. The van der Waals surface area contributed by atoms with E-state index in [1.807, 2.05) is 6.07 Å². The minimum absolute atomic E-state index is 0.308. The van der Waals surface area contributed by atoms with Gasteiger partial charge in [-0.05, 0) is 56.5 Å². The number of carbonyl (C=O) groups excluding carboxylic acids is 1. The van der Waals surface area contributed by atoms with Crippen LogP contribution in [0.15, 0.2) is 42.5 Å². The summed E-state index contributed by atoms with van der Waals surface area (Å²) >= 11 is 1.58. The second kappa shape index (κ2) is 7.18. The molecule has 2 aliphatic rings. The summed E-state index contributed by atoms with van der Waals surface area (Å²) in [5.41, 5.74) is 6.76. The second-order valence-corrected chi connectivity index (χ2v) is 8.13. The van der Waals surface area contributed by atoms with Gasteiger partial charge in [-0.3, -0.25) is 9.69 Å². The van der Waals surface area contributed by atoms with Gasteiger partial charge in [0.1, 0.15) is 0 Å². The predicted octanol–water partition coefficient (Wildman–Crippen LogP) is 3.65. The molecule has 2 saturated heterocycles. The summed E-state index contributed by atoms with van der Waals surface area (Å²) in [5.74, 6) is -0.308. The Labute approximate surface area is 153 Å². The van der Waals surface area contributed by atoms with E-state index in [-0.39, 0.29) is 5.91 Å². The normalized spacial score (nSPS) is 22.4. The molecule has 0 saturated carbocycles. The molecule has 1 aromatic heterocycles. The van der Waals surface area contributed by atoms with Gasteiger partial charge in [-0.1, -0.05) is 18.2 Å². The second-order valence-electron chi connectivity index (χ2n) is 7.02. The molecule has 1 amide bonds. The van der Waals surface area contributed by atoms with Crippen LogP contribution in [-0.4, -0.2) is 36.5 Å². The number of piperidine rings is 1. The summed E-state index contributed by atoms with van der Waals surface area (Å²) in [5, 5.41) is 0. The summed E-state index contributed by atoms with van der Waals surface area (Å²) in [4.78, 5) is 18.6. The van der Waals surface area contributed by atoms with Crippen molar-refractivity contribution in [3.63, 3.8) is 0 Å². The van der Waals surface area contributed by atoms with E-state index in [9.17, 15) is 4.79 Å². The first-order valence-corrected chi connectivity index (χ1v) is 9.99. The van der Waals surface area contributed by atoms with E-state index in [0.717, 1.165) is 13.1 Å². The number of rotatable bonds is 4. The van der Waals surface area contributed by atoms with Crippen LogP contribution in [0.3, 0.4) is 0 Å². The van der Waals surface area contributed by atoms with Crippen molar-refractivity contribution >= 4 is 22.9 Å². The summed E-state index contributed by atoms with van der Waals surface area (Å²) in [6, 6.07) is 15.8. The third kappa shape index (κ3) is 3.44. The quantitative estimate of drug-likeness (QED) is 0.911. The van der Waals surface area contributed by atoms with Gasteiger partial charge in [0.25, 0.3) is 5.91 Å². The Kier molecular flexibility index (Phi) is 4.77. The van der Waals surface area contributed by atoms with Crippen molar-refractivity contribution in [1.82, 2.24) is 4.90 Å². The summed E-state index contributed by atoms with van der Waals surface area (Å²) in [6.45, 7) is 3.41. The number of anilines is 1. The number of thiophene rings is 1. The van der Waals surface area contributed by atoms with Crippen molar-refractivity contribution in [1.29, 1.82) is 0 Å². The highest BCUT2D eigenvalue weighted by molar-refractivity contribution is 7.14. The zero-order chi connectivity index (χ0) is 17.2. The standard InChI is InChI=1S/C20H25N3OS/c21-20(24)19-9-8-18(25-19)17-7-4-12-23(17)16-10-13-22(14-11-16)15-5-2-1-3-6-15/h1-3,5-6,8-9,16-17H,4,7,10-14H2,(H2,21,24). The SMILES string of the molecule is NC(=O)c1ccc(C2CCCN2C2CCN(c3ccccc3)CC2)s1. The molecule has 1 atom stereocenters. The number of nitrogens with two attached hydrogens (primary N) is 1. The van der Waals surface area contributed by atoms with Crippen LogP contribution in [0.1, 0.15) is 46.3 Å². The van der Waals surface area contributed by atoms with Gasteiger partial charge in [0, 0.05) is 35.7 Å². The molecule has 0 radical (unpaired) electrons. The lowest BCUT2D eigenvalue weighted by Gasteiger charge is -2.40. The first-order chi connectivity index (χ1) is 12.2. The van der Waals surface area contributed by atoms with Crippen LogP contribution in [0.4, 0.5) is 5.69 Å². The fourth-order valence-corrected chi connectivity index (χ4v) is 5.31. The van der Waals surface area contributed by atoms with Crippen molar-refractivity contribution in [2.75, 3.05) is 24.5 Å². The minimum Gasteiger partial charge on any atom is -0.371 e. The third-order valence-corrected chi connectivity index (χ3v) is 6.75. The number of primary amides is 1. The van der Waals surface area contributed by atoms with E-state index >= 15 is 0 Å². The van der Waals surface area contributed by atoms with Crippen LogP contribution < -0.4 is 10.6 Å². The molecule has 0 bridgehead atoms. The van der Waals surface area contributed by atoms with E-state index < -0.39 is 0 Å². The molecule has 0 aliphatic carbocycles. The molecule has 1 unspecified atom stereocenters. The average molecular weight is 356 g/mol. The molecular formula is C20H25N3OS. The highest BCUT2D eigenvalue weighted by Gasteiger charge is 2.34. The maximum Gasteiger partial charge on any atom is 0.258 e. The van der Waals surface area contributed by atoms with E-state index in [0.29, 0.717) is 17.0 Å². The number of carbonyl (C=O) groups is 1. The molecule has 132 valence electrons. The van der Waals surface area contributed by atoms with E-state index in [2.05, 4.69) is 46.2 Å². The molecule has 25 heavy (non-hydrogen) atoms. The first-order valence-electron chi connectivity index (χ1n) is 9.17. The van der Waals surface area contributed by atoms with E-state index in [1.165, 1.54) is 42.8 Å². The highest BCUT2D eigenvalue weighted by Crippen LogP contribution is 2.39. The largest absolute Gasteiger partial charge is 0.371 e. The van der Waals surface area contributed by atoms with Gasteiger partial charge in [-0.2, -0.15) is 0 Å². The number of nitrogens with zero attached hydrogens (tertiary/aromatic N) is 2. The lowest BCUT2D eigenvalue weighted by molar-refractivity contribution is 0.100. The molecule has 2 aromatic rings. The maximum atomic E-state index is 11.4. The summed E-state index contributed by atoms with van der Waals surface area (Å²) in [6.07, 6.45) is 4.85. The monoisotopic (exact) mass is 355 g/mol. The Morgan fingerprint density at radius 2 is 1.76 bits per heavy atom. The Balaban J connectivity index is 1.42. The lowest BCUT2D eigenvalue weighted by atomic mass is 10.0. The fraction of sp³-hybridized carbons (Fsp3) is 0.450. The minimum atomic E-state index is -0.308. The number of hydrogen-bond acceptors (Lipinski definition) is 4. The van der Waals surface area contributed by atoms with Crippen molar-refractivity contribution < 1.29 is 4.79 Å². The van der Waals surface area contributed by atoms with Gasteiger partial charge in [0.2, 0.25) is 0 Å². The van der Waals surface area contributed by atoms with Gasteiger partial charge in [0.15, 0.2) is 0 Å². The number of hydrogen-bond donors (Lipinski definition) is 1. The van der Waals surface area contributed by atoms with Crippen LogP contribution in [0.2, 0.25) is 0 Å². The molecule has 2 N–H and O–H groups in total. The Morgan fingerprint density at radius 3 is 2.44 bits per heavy atom. The van der Waals surface area contributed by atoms with Crippen LogP contribution in [-0.2, 0) is 0 Å². The van der Waals surface area contributed by atoms with E-state index in [4.69, 9.17) is 5.73 Å². The third-order valence-electron chi connectivity index (χ3n) is 5.55. The smallest absolute Gasteiger partial charge is 0.258 e. The molecule has 3 heterocycles. The molecule has 4 rings (SSSR count). The number of benzene rings is 1. The number of likely N-dealkylation sites (tertiary alicyclic amines) is 1. The van der Waals surface area contributed by atoms with Crippen LogP contribution in [0.25, 0.3) is 0 Å². The fourth-order valence-electron chi connectivity index (χ4n) is 4.29. The molecule has 1 aromatic carbocycles. The molecule has 2 fully saturated rings. The van der Waals surface area contributed by atoms with E-state index in [1.54, 1.807) is 11.3 Å². The van der Waals surface area contributed by atoms with Gasteiger partial charge in [0.05, 0.1) is 4.88 Å². The Hall–Kier alpha value is -1.85. The number of amides is 1. The topological polar surface area (TPSA) is 49.6 Å². The predicted molar refractivity (Wildman–Crippen MR) is 103 cm³/mol. The van der Waals surface area contributed by atoms with Crippen molar-refractivity contribution in [3.05, 3.63) is 52.2 Å². The molecule has 5 heteroatoms. The van der Waals surface area contributed by atoms with Gasteiger partial charge in [-0.15, -0.1) is 11.3 Å². The average Bonchev–Trinajstić information content (AvgIpc) is 3.32. The number of para-hydroxylation sites is 1. The zero-order valence-electron chi connectivity index (χ0n) is 14.4. The highest BCUT2D eigenvalue weighted by atomic mass is 32.1. The Bertz CT molecular complexity index is 722. The Morgan fingerprint density at radius 1 is 1.00 bits per heavy atom. The summed E-state index contributed by atoms with van der Waals surface area (Å²) in [7, 11) is 0. The molecule has 0 spiro atoms. The zero-order valence-corrected chi connectivity index (χ0v) is 15.3. The molecule has 2 aliphatic heterocycles. The first kappa shape index (κ1) is 16.6. The van der Waals surface area contributed by atoms with Gasteiger partial charge < -0.3 is 10.6 Å². The maximum absolute atomic E-state index is 11.4. The van der Waals surface area contributed by atoms with Crippen molar-refractivity contribution in [2.24, 2.45) is 5.73 Å². The van der Waals surface area contributed by atoms with Crippen molar-refractivity contribution in [3.8, 4) is 0 Å². The molecule has 4 nitrogen and oxygen atoms in total. The van der Waals surface area contributed by atoms with Gasteiger partial charge >= 0.3 is 0 Å². The lowest BCUT2D eigenvalue weighted by Crippen LogP contribution is -2.44. The van der Waals surface area contributed by atoms with Crippen LogP contribution in [0, 0.1) is 0 Å². The van der Waals surface area contributed by atoms with Gasteiger partial charge in [-0.25, -0.2) is 0 Å². The van der Waals surface area contributed by atoms with Crippen molar-refractivity contribution in [2.45, 2.75) is 37.8 Å².